The molecule has 0 aromatic heterocycles. The van der Waals surface area contributed by atoms with E-state index in [1.165, 1.54) is 4.90 Å². The Morgan fingerprint density at radius 2 is 1.28 bits per heavy atom. The lowest BCUT2D eigenvalue weighted by molar-refractivity contribution is -0.262. The van der Waals surface area contributed by atoms with Crippen molar-refractivity contribution in [2.75, 3.05) is 0 Å². The van der Waals surface area contributed by atoms with E-state index in [2.05, 4.69) is 0 Å². The van der Waals surface area contributed by atoms with E-state index in [9.17, 15) is 37.5 Å². The van der Waals surface area contributed by atoms with Gasteiger partial charge in [0, 0.05) is 29.2 Å². The molecular formula is C36H64F3NO7. The lowest BCUT2D eigenvalue weighted by Crippen LogP contribution is -2.51. The van der Waals surface area contributed by atoms with Crippen LogP contribution in [0.4, 0.5) is 13.2 Å². The number of imide groups is 1. The lowest BCUT2D eigenvalue weighted by Gasteiger charge is -2.40. The first-order chi connectivity index (χ1) is 20.7. The van der Waals surface area contributed by atoms with Gasteiger partial charge in [-0.1, -0.05) is 69.2 Å². The average molecular weight is 680 g/mol. The SMILES string of the molecule is CCC(C)(CC(CC(C)C(=O)OC(C)(C)C(C)(C)C)C(=O)N(C(=O)C(C)(C)C)C(C)C)C(=O)OC(CC(C)C)CC(C)(O)C(F)(F)F. The summed E-state index contributed by atoms with van der Waals surface area (Å²) in [5, 5.41) is 10.2. The van der Waals surface area contributed by atoms with E-state index < -0.39 is 82.4 Å². The molecule has 2 amide bonds. The van der Waals surface area contributed by atoms with Crippen LogP contribution in [0, 0.1) is 34.0 Å². The molecule has 0 saturated heterocycles. The van der Waals surface area contributed by atoms with Crippen LogP contribution in [-0.2, 0) is 28.7 Å². The van der Waals surface area contributed by atoms with Crippen molar-refractivity contribution in [1.82, 2.24) is 4.90 Å². The molecule has 0 fully saturated rings. The van der Waals surface area contributed by atoms with Gasteiger partial charge in [-0.15, -0.1) is 0 Å². The van der Waals surface area contributed by atoms with Crippen molar-refractivity contribution >= 4 is 23.8 Å². The smallest absolute Gasteiger partial charge is 0.417 e. The molecule has 0 aliphatic rings. The van der Waals surface area contributed by atoms with E-state index in [0.29, 0.717) is 6.92 Å². The van der Waals surface area contributed by atoms with Gasteiger partial charge in [0.1, 0.15) is 11.7 Å². The Morgan fingerprint density at radius 1 is 0.787 bits per heavy atom. The highest BCUT2D eigenvalue weighted by Crippen LogP contribution is 2.40. The van der Waals surface area contributed by atoms with Gasteiger partial charge in [0.15, 0.2) is 5.60 Å². The van der Waals surface area contributed by atoms with E-state index in [-0.39, 0.29) is 37.0 Å². The van der Waals surface area contributed by atoms with Crippen LogP contribution < -0.4 is 0 Å². The third-order valence-electron chi connectivity index (χ3n) is 9.38. The van der Waals surface area contributed by atoms with Gasteiger partial charge >= 0.3 is 18.1 Å². The Balaban J connectivity index is 6.76. The van der Waals surface area contributed by atoms with Crippen LogP contribution in [0.15, 0.2) is 0 Å². The third-order valence-corrected chi connectivity index (χ3v) is 9.38. The van der Waals surface area contributed by atoms with Crippen molar-refractivity contribution in [2.45, 2.75) is 172 Å². The molecule has 0 aliphatic carbocycles. The molecule has 0 aromatic carbocycles. The number of carbonyl (C=O) groups is 4. The standard InChI is InChI=1S/C36H64F3NO7/c1-17-34(15,30(44)46-26(18-22(2)3)21-35(16,45)36(37,38)39)20-25(27(41)40(23(4)5)29(43)31(7,8)9)19-24(6)28(42)47-33(13,14)32(10,11)12/h22-26,45H,17-21H2,1-16H3. The molecule has 0 radical (unpaired) electrons. The van der Waals surface area contributed by atoms with Crippen molar-refractivity contribution < 1.29 is 46.9 Å². The van der Waals surface area contributed by atoms with Crippen LogP contribution in [0.1, 0.15) is 143 Å². The number of esters is 2. The Morgan fingerprint density at radius 3 is 1.64 bits per heavy atom. The van der Waals surface area contributed by atoms with Gasteiger partial charge in [-0.2, -0.15) is 13.2 Å². The molecular weight excluding hydrogens is 615 g/mol. The Kier molecular flexibility index (Phi) is 15.3. The molecule has 0 aliphatic heterocycles. The van der Waals surface area contributed by atoms with E-state index in [0.717, 1.165) is 0 Å². The molecule has 0 bridgehead atoms. The van der Waals surface area contributed by atoms with E-state index in [1.807, 2.05) is 20.8 Å². The van der Waals surface area contributed by atoms with E-state index >= 15 is 0 Å². The molecule has 0 heterocycles. The highest BCUT2D eigenvalue weighted by Gasteiger charge is 2.52. The topological polar surface area (TPSA) is 110 Å². The second-order valence-corrected chi connectivity index (χ2v) is 17.1. The minimum absolute atomic E-state index is 0.0421. The first-order valence-electron chi connectivity index (χ1n) is 16.8. The maximum atomic E-state index is 14.3. The van der Waals surface area contributed by atoms with E-state index in [1.54, 1.807) is 83.1 Å². The number of amides is 2. The maximum Gasteiger partial charge on any atom is 0.417 e. The molecule has 5 atom stereocenters. The summed E-state index contributed by atoms with van der Waals surface area (Å²) in [6.07, 6.45) is -6.98. The molecule has 1 N–H and O–H groups in total. The Hall–Kier alpha value is -2.17. The van der Waals surface area contributed by atoms with Crippen LogP contribution in [0.2, 0.25) is 0 Å². The number of carbonyl (C=O) groups excluding carboxylic acids is 4. The number of hydrogen-bond donors (Lipinski definition) is 1. The fourth-order valence-corrected chi connectivity index (χ4v) is 4.91. The molecule has 47 heavy (non-hydrogen) atoms. The van der Waals surface area contributed by atoms with Crippen molar-refractivity contribution in [1.29, 1.82) is 0 Å². The maximum absolute atomic E-state index is 14.3. The zero-order valence-corrected chi connectivity index (χ0v) is 31.9. The fourth-order valence-electron chi connectivity index (χ4n) is 4.91. The first-order valence-corrected chi connectivity index (χ1v) is 16.8. The molecule has 0 saturated carbocycles. The number of halogens is 3. The summed E-state index contributed by atoms with van der Waals surface area (Å²) >= 11 is 0. The van der Waals surface area contributed by atoms with Gasteiger partial charge < -0.3 is 14.6 Å². The largest absolute Gasteiger partial charge is 0.462 e. The van der Waals surface area contributed by atoms with Crippen molar-refractivity contribution in [3.63, 3.8) is 0 Å². The summed E-state index contributed by atoms with van der Waals surface area (Å²) in [7, 11) is 0. The highest BCUT2D eigenvalue weighted by molar-refractivity contribution is 5.99. The number of rotatable bonds is 15. The molecule has 11 heteroatoms. The van der Waals surface area contributed by atoms with Gasteiger partial charge in [-0.05, 0) is 73.1 Å². The third kappa shape index (κ3) is 12.7. The molecule has 8 nitrogen and oxygen atoms in total. The summed E-state index contributed by atoms with van der Waals surface area (Å²) in [6, 6.07) is -0.529. The molecule has 0 aromatic rings. The summed E-state index contributed by atoms with van der Waals surface area (Å²) in [5.41, 5.74) is -6.59. The zero-order valence-electron chi connectivity index (χ0n) is 31.9. The van der Waals surface area contributed by atoms with Gasteiger partial charge in [0.05, 0.1) is 11.3 Å². The molecule has 5 unspecified atom stereocenters. The summed E-state index contributed by atoms with van der Waals surface area (Å²) in [5.74, 6) is -4.27. The normalized spacial score (nSPS) is 17.7. The fraction of sp³-hybridized carbons (Fsp3) is 0.889. The summed E-state index contributed by atoms with van der Waals surface area (Å²) in [6.45, 7) is 27.0. The number of hydrogen-bond acceptors (Lipinski definition) is 7. The van der Waals surface area contributed by atoms with Crippen molar-refractivity contribution in [3.05, 3.63) is 0 Å². The Bertz CT molecular complexity index is 1080. The second-order valence-electron chi connectivity index (χ2n) is 17.1. The van der Waals surface area contributed by atoms with Crippen molar-refractivity contribution in [3.8, 4) is 0 Å². The zero-order chi connectivity index (χ0) is 37.7. The minimum Gasteiger partial charge on any atom is -0.462 e. The van der Waals surface area contributed by atoms with Crippen LogP contribution in [0.5, 0.6) is 0 Å². The van der Waals surface area contributed by atoms with Gasteiger partial charge in [-0.25, -0.2) is 0 Å². The highest BCUT2D eigenvalue weighted by atomic mass is 19.4. The molecule has 0 spiro atoms. The van der Waals surface area contributed by atoms with Gasteiger partial charge in [-0.3, -0.25) is 24.1 Å². The molecule has 276 valence electrons. The number of nitrogens with zero attached hydrogens (tertiary/aromatic N) is 1. The summed E-state index contributed by atoms with van der Waals surface area (Å²) in [4.78, 5) is 56.2. The summed E-state index contributed by atoms with van der Waals surface area (Å²) < 4.78 is 52.3. The van der Waals surface area contributed by atoms with E-state index in [4.69, 9.17) is 9.47 Å². The minimum atomic E-state index is -4.94. The van der Waals surface area contributed by atoms with Crippen molar-refractivity contribution in [2.24, 2.45) is 34.0 Å². The quantitative estimate of drug-likeness (QED) is 0.174. The average Bonchev–Trinajstić information content (AvgIpc) is 2.84. The number of ether oxygens (including phenoxy) is 2. The predicted molar refractivity (Wildman–Crippen MR) is 177 cm³/mol. The Labute approximate surface area is 281 Å². The second kappa shape index (κ2) is 16.0. The van der Waals surface area contributed by atoms with Crippen LogP contribution in [0.25, 0.3) is 0 Å². The molecule has 0 rings (SSSR count). The van der Waals surface area contributed by atoms with Crippen LogP contribution in [0.3, 0.4) is 0 Å². The predicted octanol–water partition coefficient (Wildman–Crippen LogP) is 8.27. The monoisotopic (exact) mass is 679 g/mol. The van der Waals surface area contributed by atoms with Crippen LogP contribution in [-0.4, -0.2) is 63.3 Å². The van der Waals surface area contributed by atoms with Crippen LogP contribution >= 0.6 is 0 Å². The number of alkyl halides is 3. The first kappa shape index (κ1) is 44.8. The van der Waals surface area contributed by atoms with Gasteiger partial charge in [0.2, 0.25) is 11.8 Å². The lowest BCUT2D eigenvalue weighted by atomic mass is 9.75. The number of aliphatic hydroxyl groups is 1. The van der Waals surface area contributed by atoms with Gasteiger partial charge in [0.25, 0.3) is 0 Å².